The summed E-state index contributed by atoms with van der Waals surface area (Å²) in [4.78, 5) is 12.8. The third-order valence-corrected chi connectivity index (χ3v) is 7.49. The number of aromatic nitrogens is 2. The average Bonchev–Trinajstić information content (AvgIpc) is 3.46. The summed E-state index contributed by atoms with van der Waals surface area (Å²) in [6.07, 6.45) is 0.671. The number of hydrogen-bond donors (Lipinski definition) is 1. The van der Waals surface area contributed by atoms with Crippen molar-refractivity contribution in [3.8, 4) is 11.5 Å². The zero-order chi connectivity index (χ0) is 23.9. The number of fused-ring (bicyclic) bond motifs is 1. The van der Waals surface area contributed by atoms with E-state index in [4.69, 9.17) is 4.42 Å². The Morgan fingerprint density at radius 1 is 0.971 bits per heavy atom. The molecule has 0 spiro atoms. The molecule has 0 aliphatic carbocycles. The summed E-state index contributed by atoms with van der Waals surface area (Å²) in [7, 11) is -3.73. The number of benzene rings is 3. The van der Waals surface area contributed by atoms with Crippen LogP contribution in [-0.2, 0) is 16.4 Å². The monoisotopic (exact) mass is 474 g/mol. The smallest absolute Gasteiger partial charge is 0.322 e. The summed E-state index contributed by atoms with van der Waals surface area (Å²) < 4.78 is 33.3. The average molecular weight is 475 g/mol. The number of rotatable bonds is 5. The lowest BCUT2D eigenvalue weighted by Gasteiger charge is -2.19. The molecule has 8 nitrogen and oxygen atoms in total. The summed E-state index contributed by atoms with van der Waals surface area (Å²) in [5, 5.41) is 10.5. The molecule has 34 heavy (non-hydrogen) atoms. The van der Waals surface area contributed by atoms with Crippen LogP contribution in [0.3, 0.4) is 0 Å². The van der Waals surface area contributed by atoms with Crippen LogP contribution in [-0.4, -0.2) is 31.1 Å². The molecule has 1 amide bonds. The fourth-order valence-corrected chi connectivity index (χ4v) is 5.62. The Kier molecular flexibility index (Phi) is 5.41. The molecule has 0 saturated carbocycles. The third kappa shape index (κ3) is 4.06. The van der Waals surface area contributed by atoms with E-state index in [9.17, 15) is 13.2 Å². The number of para-hydroxylation sites is 1. The van der Waals surface area contributed by atoms with Gasteiger partial charge in [-0.3, -0.25) is 14.4 Å². The summed E-state index contributed by atoms with van der Waals surface area (Å²) >= 11 is 0. The number of amides is 1. The molecule has 2 heterocycles. The van der Waals surface area contributed by atoms with Gasteiger partial charge in [0.1, 0.15) is 0 Å². The van der Waals surface area contributed by atoms with Crippen LogP contribution < -0.4 is 9.62 Å². The summed E-state index contributed by atoms with van der Waals surface area (Å²) in [5.41, 5.74) is 4.86. The molecule has 0 saturated heterocycles. The summed E-state index contributed by atoms with van der Waals surface area (Å²) in [5.74, 6) is -0.180. The van der Waals surface area contributed by atoms with Crippen molar-refractivity contribution < 1.29 is 17.6 Å². The number of carbonyl (C=O) groups is 1. The van der Waals surface area contributed by atoms with Crippen molar-refractivity contribution in [2.24, 2.45) is 0 Å². The largest absolute Gasteiger partial charge is 0.403 e. The van der Waals surface area contributed by atoms with Gasteiger partial charge in [-0.2, -0.15) is 0 Å². The van der Waals surface area contributed by atoms with Crippen molar-refractivity contribution in [3.05, 3.63) is 89.0 Å². The maximum Gasteiger partial charge on any atom is 0.322 e. The number of nitrogens with one attached hydrogen (secondary N) is 1. The van der Waals surface area contributed by atoms with E-state index in [1.807, 2.05) is 50.2 Å². The van der Waals surface area contributed by atoms with Crippen molar-refractivity contribution in [3.63, 3.8) is 0 Å². The normalized spacial score (nSPS) is 13.1. The third-order valence-electron chi connectivity index (χ3n) is 5.66. The zero-order valence-corrected chi connectivity index (χ0v) is 19.5. The molecule has 9 heteroatoms. The predicted molar refractivity (Wildman–Crippen MR) is 128 cm³/mol. The van der Waals surface area contributed by atoms with Crippen LogP contribution in [0.2, 0.25) is 0 Å². The molecule has 1 N–H and O–H groups in total. The predicted octanol–water partition coefficient (Wildman–Crippen LogP) is 4.36. The van der Waals surface area contributed by atoms with Crippen molar-refractivity contribution in [1.82, 2.24) is 10.2 Å². The van der Waals surface area contributed by atoms with E-state index >= 15 is 0 Å². The van der Waals surface area contributed by atoms with Crippen molar-refractivity contribution >= 4 is 27.6 Å². The van der Waals surface area contributed by atoms with Gasteiger partial charge < -0.3 is 4.42 Å². The Morgan fingerprint density at radius 2 is 1.68 bits per heavy atom. The molecule has 0 fully saturated rings. The van der Waals surface area contributed by atoms with E-state index in [0.717, 1.165) is 22.3 Å². The lowest BCUT2D eigenvalue weighted by molar-refractivity contribution is 0.102. The SMILES string of the molecule is Cc1cc(C)cc(-c2nnc(NC(=O)c3ccc(S(=O)(=O)N4CCc5ccccc54)cc3)o2)c1. The van der Waals surface area contributed by atoms with E-state index < -0.39 is 15.9 Å². The van der Waals surface area contributed by atoms with Crippen molar-refractivity contribution in [2.45, 2.75) is 25.2 Å². The van der Waals surface area contributed by atoms with Gasteiger partial charge in [0, 0.05) is 17.7 Å². The number of nitrogens with zero attached hydrogens (tertiary/aromatic N) is 3. The number of carbonyl (C=O) groups excluding carboxylic acids is 1. The molecule has 0 atom stereocenters. The van der Waals surface area contributed by atoms with Gasteiger partial charge in [0.2, 0.25) is 5.89 Å². The minimum atomic E-state index is -3.73. The number of sulfonamides is 1. The van der Waals surface area contributed by atoms with Crippen LogP contribution >= 0.6 is 0 Å². The second-order valence-electron chi connectivity index (χ2n) is 8.22. The first kappa shape index (κ1) is 21.8. The van der Waals surface area contributed by atoms with E-state index in [-0.39, 0.29) is 16.5 Å². The van der Waals surface area contributed by atoms with Crippen LogP contribution in [0.15, 0.2) is 76.0 Å². The molecule has 1 aliphatic heterocycles. The molecule has 4 aromatic rings. The number of aryl methyl sites for hydroxylation is 2. The minimum Gasteiger partial charge on any atom is -0.403 e. The quantitative estimate of drug-likeness (QED) is 0.461. The number of hydrogen-bond acceptors (Lipinski definition) is 6. The van der Waals surface area contributed by atoms with Gasteiger partial charge in [0.15, 0.2) is 0 Å². The molecule has 1 aliphatic rings. The Morgan fingerprint density at radius 3 is 2.41 bits per heavy atom. The molecule has 172 valence electrons. The molecule has 3 aromatic carbocycles. The Hall–Kier alpha value is -3.98. The highest BCUT2D eigenvalue weighted by Crippen LogP contribution is 2.32. The highest BCUT2D eigenvalue weighted by atomic mass is 32.2. The van der Waals surface area contributed by atoms with Gasteiger partial charge in [-0.1, -0.05) is 40.5 Å². The molecule has 0 unspecified atom stereocenters. The highest BCUT2D eigenvalue weighted by molar-refractivity contribution is 7.92. The number of anilines is 2. The van der Waals surface area contributed by atoms with Crippen LogP contribution in [0.5, 0.6) is 0 Å². The van der Waals surface area contributed by atoms with Gasteiger partial charge in [-0.15, -0.1) is 5.10 Å². The van der Waals surface area contributed by atoms with Crippen molar-refractivity contribution in [2.75, 3.05) is 16.2 Å². The highest BCUT2D eigenvalue weighted by Gasteiger charge is 2.30. The second kappa shape index (κ2) is 8.42. The fourth-order valence-electron chi connectivity index (χ4n) is 4.12. The summed E-state index contributed by atoms with van der Waals surface area (Å²) in [6.45, 7) is 4.34. The first-order valence-corrected chi connectivity index (χ1v) is 12.2. The van der Waals surface area contributed by atoms with Crippen LogP contribution in [0, 0.1) is 13.8 Å². The molecule has 0 bridgehead atoms. The van der Waals surface area contributed by atoms with Gasteiger partial charge >= 0.3 is 6.01 Å². The zero-order valence-electron chi connectivity index (χ0n) is 18.6. The van der Waals surface area contributed by atoms with Crippen LogP contribution in [0.25, 0.3) is 11.5 Å². The van der Waals surface area contributed by atoms with Crippen LogP contribution in [0.4, 0.5) is 11.7 Å². The minimum absolute atomic E-state index is 0.0375. The lowest BCUT2D eigenvalue weighted by atomic mass is 10.1. The fraction of sp³-hybridized carbons (Fsp3) is 0.160. The maximum atomic E-state index is 13.1. The van der Waals surface area contributed by atoms with Gasteiger partial charge in [0.05, 0.1) is 10.6 Å². The molecule has 1 aromatic heterocycles. The van der Waals surface area contributed by atoms with E-state index in [2.05, 4.69) is 15.5 Å². The van der Waals surface area contributed by atoms with E-state index in [0.29, 0.717) is 24.5 Å². The van der Waals surface area contributed by atoms with Crippen molar-refractivity contribution in [1.29, 1.82) is 0 Å². The molecule has 0 radical (unpaired) electrons. The van der Waals surface area contributed by atoms with E-state index in [1.165, 1.54) is 28.6 Å². The first-order valence-electron chi connectivity index (χ1n) is 10.8. The Labute approximate surface area is 197 Å². The van der Waals surface area contributed by atoms with Gasteiger partial charge in [-0.05, 0) is 68.3 Å². The second-order valence-corrected chi connectivity index (χ2v) is 10.1. The van der Waals surface area contributed by atoms with Crippen LogP contribution in [0.1, 0.15) is 27.0 Å². The molecular formula is C25H22N4O4S. The summed E-state index contributed by atoms with van der Waals surface area (Å²) in [6, 6.07) is 19.1. The molecule has 5 rings (SSSR count). The van der Waals surface area contributed by atoms with Gasteiger partial charge in [-0.25, -0.2) is 8.42 Å². The topological polar surface area (TPSA) is 105 Å². The standard InChI is InChI=1S/C25H22N4O4S/c1-16-13-17(2)15-20(14-16)24-27-28-25(33-24)26-23(30)19-7-9-21(10-8-19)34(31,32)29-12-11-18-5-3-4-6-22(18)29/h3-10,13-15H,11-12H2,1-2H3,(H,26,28,30). The first-order chi connectivity index (χ1) is 16.3. The lowest BCUT2D eigenvalue weighted by Crippen LogP contribution is -2.29. The maximum absolute atomic E-state index is 13.1. The molecular weight excluding hydrogens is 452 g/mol. The Bertz CT molecular complexity index is 1470. The Balaban J connectivity index is 1.31. The van der Waals surface area contributed by atoms with E-state index in [1.54, 1.807) is 6.07 Å². The van der Waals surface area contributed by atoms with Gasteiger partial charge in [0.25, 0.3) is 15.9 Å².